The van der Waals surface area contributed by atoms with Crippen LogP contribution < -0.4 is 0 Å². The summed E-state index contributed by atoms with van der Waals surface area (Å²) in [7, 11) is 0. The molecule has 0 radical (unpaired) electrons. The van der Waals surface area contributed by atoms with Crippen molar-refractivity contribution in [2.75, 3.05) is 0 Å². The molecule has 0 bridgehead atoms. The fourth-order valence-electron chi connectivity index (χ4n) is 3.46. The monoisotopic (exact) mass is 467 g/mol. The average Bonchev–Trinajstić information content (AvgIpc) is 3.21. The summed E-state index contributed by atoms with van der Waals surface area (Å²) in [4.78, 5) is 0. The van der Waals surface area contributed by atoms with E-state index in [1.165, 1.54) is 29.5 Å². The molecule has 0 saturated carbocycles. The Bertz CT molecular complexity index is 1220. The highest BCUT2D eigenvalue weighted by Gasteiger charge is 2.30. The second-order valence-electron chi connectivity index (χ2n) is 8.79. The van der Waals surface area contributed by atoms with Crippen molar-refractivity contribution in [3.63, 3.8) is 0 Å². The van der Waals surface area contributed by atoms with Gasteiger partial charge < -0.3 is 0 Å². The lowest BCUT2D eigenvalue weighted by molar-refractivity contribution is -0.137. The van der Waals surface area contributed by atoms with Crippen molar-refractivity contribution in [2.24, 2.45) is 0 Å². The Morgan fingerprint density at radius 1 is 0.788 bits per heavy atom. The van der Waals surface area contributed by atoms with E-state index in [-0.39, 0.29) is 5.41 Å². The van der Waals surface area contributed by atoms with Crippen molar-refractivity contribution in [3.8, 4) is 17.1 Å². The van der Waals surface area contributed by atoms with Crippen LogP contribution in [0.1, 0.15) is 37.5 Å². The van der Waals surface area contributed by atoms with E-state index in [1.54, 1.807) is 6.07 Å². The molecule has 0 spiro atoms. The number of para-hydroxylation sites is 1. The van der Waals surface area contributed by atoms with Crippen LogP contribution in [-0.2, 0) is 17.3 Å². The minimum atomic E-state index is -4.36. The molecule has 7 heteroatoms. The van der Waals surface area contributed by atoms with E-state index in [9.17, 15) is 13.2 Å². The highest BCUT2D eigenvalue weighted by molar-refractivity contribution is 7.98. The summed E-state index contributed by atoms with van der Waals surface area (Å²) in [6.45, 7) is 6.49. The molecule has 4 aromatic rings. The maximum atomic E-state index is 13.1. The third kappa shape index (κ3) is 5.30. The quantitative estimate of drug-likeness (QED) is 0.284. The molecule has 0 amide bonds. The van der Waals surface area contributed by atoms with Gasteiger partial charge in [0.05, 0.1) is 5.56 Å². The summed E-state index contributed by atoms with van der Waals surface area (Å²) in [5.74, 6) is 1.03. The first-order chi connectivity index (χ1) is 15.6. The van der Waals surface area contributed by atoms with Crippen molar-refractivity contribution < 1.29 is 13.2 Å². The van der Waals surface area contributed by atoms with Crippen molar-refractivity contribution >= 4 is 11.8 Å². The molecule has 0 atom stereocenters. The van der Waals surface area contributed by atoms with Crippen LogP contribution in [0.15, 0.2) is 84.0 Å². The number of nitrogens with zero attached hydrogens (tertiary/aromatic N) is 3. The molecule has 0 saturated heterocycles. The van der Waals surface area contributed by atoms with Crippen LogP contribution in [0.3, 0.4) is 0 Å². The molecule has 0 aliphatic heterocycles. The zero-order valence-corrected chi connectivity index (χ0v) is 19.4. The zero-order valence-electron chi connectivity index (χ0n) is 18.6. The van der Waals surface area contributed by atoms with E-state index in [1.807, 2.05) is 47.0 Å². The second-order valence-corrected chi connectivity index (χ2v) is 9.73. The van der Waals surface area contributed by atoms with Crippen LogP contribution in [0.2, 0.25) is 0 Å². The lowest BCUT2D eigenvalue weighted by atomic mass is 9.87. The van der Waals surface area contributed by atoms with Gasteiger partial charge in [-0.2, -0.15) is 13.2 Å². The molecule has 170 valence electrons. The van der Waals surface area contributed by atoms with Crippen LogP contribution in [0.5, 0.6) is 0 Å². The highest BCUT2D eigenvalue weighted by atomic mass is 32.2. The van der Waals surface area contributed by atoms with E-state index >= 15 is 0 Å². The minimum Gasteiger partial charge on any atom is -0.270 e. The first kappa shape index (κ1) is 23.1. The number of aromatic nitrogens is 3. The Kier molecular flexibility index (Phi) is 6.34. The van der Waals surface area contributed by atoms with E-state index < -0.39 is 11.7 Å². The highest BCUT2D eigenvalue weighted by Crippen LogP contribution is 2.33. The Balaban J connectivity index is 1.68. The lowest BCUT2D eigenvalue weighted by Gasteiger charge is -2.19. The van der Waals surface area contributed by atoms with Crippen LogP contribution >= 0.6 is 11.8 Å². The summed E-state index contributed by atoms with van der Waals surface area (Å²) < 4.78 is 41.2. The predicted molar refractivity (Wildman–Crippen MR) is 127 cm³/mol. The van der Waals surface area contributed by atoms with Crippen LogP contribution in [0, 0.1) is 0 Å². The standard InChI is InChI=1S/C26H24F3N3S/c1-25(2,3)20-14-12-19(13-15-20)23-30-31-24(32(23)22-10-5-4-6-11-22)33-17-18-8-7-9-21(16-18)26(27,28)29/h4-16H,17H2,1-3H3. The summed E-state index contributed by atoms with van der Waals surface area (Å²) in [6.07, 6.45) is -4.36. The molecule has 0 aliphatic carbocycles. The second kappa shape index (κ2) is 9.06. The lowest BCUT2D eigenvalue weighted by Crippen LogP contribution is -2.10. The van der Waals surface area contributed by atoms with Gasteiger partial charge in [0.2, 0.25) is 0 Å². The molecule has 0 fully saturated rings. The van der Waals surface area contributed by atoms with E-state index in [0.717, 1.165) is 17.3 Å². The number of rotatable bonds is 5. The fourth-order valence-corrected chi connectivity index (χ4v) is 4.36. The smallest absolute Gasteiger partial charge is 0.270 e. The van der Waals surface area contributed by atoms with Gasteiger partial charge in [-0.15, -0.1) is 10.2 Å². The molecule has 3 nitrogen and oxygen atoms in total. The van der Waals surface area contributed by atoms with Crippen molar-refractivity contribution in [1.29, 1.82) is 0 Å². The number of halogens is 3. The fraction of sp³-hybridized carbons (Fsp3) is 0.231. The van der Waals surface area contributed by atoms with Gasteiger partial charge in [0.25, 0.3) is 0 Å². The first-order valence-electron chi connectivity index (χ1n) is 10.5. The molecule has 0 N–H and O–H groups in total. The average molecular weight is 468 g/mol. The van der Waals surface area contributed by atoms with Gasteiger partial charge in [0, 0.05) is 17.0 Å². The summed E-state index contributed by atoms with van der Waals surface area (Å²) in [5, 5.41) is 9.43. The number of thioether (sulfide) groups is 1. The third-order valence-electron chi connectivity index (χ3n) is 5.28. The van der Waals surface area contributed by atoms with Crippen molar-refractivity contribution in [1.82, 2.24) is 14.8 Å². The Labute approximate surface area is 195 Å². The Hall–Kier alpha value is -3.06. The maximum Gasteiger partial charge on any atom is 0.416 e. The van der Waals surface area contributed by atoms with E-state index in [4.69, 9.17) is 0 Å². The number of benzene rings is 3. The predicted octanol–water partition coefficient (Wildman–Crippen LogP) is 7.54. The Morgan fingerprint density at radius 2 is 1.48 bits per heavy atom. The van der Waals surface area contributed by atoms with E-state index in [2.05, 4.69) is 43.1 Å². The Morgan fingerprint density at radius 3 is 2.12 bits per heavy atom. The zero-order chi connectivity index (χ0) is 23.6. The van der Waals surface area contributed by atoms with Crippen molar-refractivity contribution in [3.05, 3.63) is 95.6 Å². The maximum absolute atomic E-state index is 13.1. The summed E-state index contributed by atoms with van der Waals surface area (Å²) >= 11 is 1.36. The van der Waals surface area contributed by atoms with Gasteiger partial charge >= 0.3 is 6.18 Å². The summed E-state index contributed by atoms with van der Waals surface area (Å²) in [5.41, 5.74) is 3.00. The van der Waals surface area contributed by atoms with Crippen LogP contribution in [0.25, 0.3) is 17.1 Å². The molecule has 0 aliphatic rings. The molecule has 4 rings (SSSR count). The SMILES string of the molecule is CC(C)(C)c1ccc(-c2nnc(SCc3cccc(C(F)(F)F)c3)n2-c2ccccc2)cc1. The third-order valence-corrected chi connectivity index (χ3v) is 6.28. The normalized spacial score (nSPS) is 12.2. The molecular formula is C26H24F3N3S. The van der Waals surface area contributed by atoms with Crippen LogP contribution in [0.4, 0.5) is 13.2 Å². The van der Waals surface area contributed by atoms with Gasteiger partial charge in [0.1, 0.15) is 0 Å². The van der Waals surface area contributed by atoms with Gasteiger partial charge in [-0.05, 0) is 34.7 Å². The molecule has 0 unspecified atom stereocenters. The number of hydrogen-bond donors (Lipinski definition) is 0. The molecule has 1 aromatic heterocycles. The van der Waals surface area contributed by atoms with Gasteiger partial charge in [-0.3, -0.25) is 4.57 Å². The number of alkyl halides is 3. The van der Waals surface area contributed by atoms with Crippen molar-refractivity contribution in [2.45, 2.75) is 43.3 Å². The van der Waals surface area contributed by atoms with Gasteiger partial charge in [-0.1, -0.05) is 93.2 Å². The summed E-state index contributed by atoms with van der Waals surface area (Å²) in [6, 6.07) is 23.4. The molecule has 1 heterocycles. The minimum absolute atomic E-state index is 0.0393. The molecule has 3 aromatic carbocycles. The number of hydrogen-bond acceptors (Lipinski definition) is 3. The molecule has 33 heavy (non-hydrogen) atoms. The van der Waals surface area contributed by atoms with Crippen LogP contribution in [-0.4, -0.2) is 14.8 Å². The first-order valence-corrected chi connectivity index (χ1v) is 11.5. The topological polar surface area (TPSA) is 30.7 Å². The van der Waals surface area contributed by atoms with E-state index in [0.29, 0.717) is 22.3 Å². The molecular weight excluding hydrogens is 443 g/mol. The van der Waals surface area contributed by atoms with Gasteiger partial charge in [0.15, 0.2) is 11.0 Å². The largest absolute Gasteiger partial charge is 0.416 e. The van der Waals surface area contributed by atoms with Gasteiger partial charge in [-0.25, -0.2) is 0 Å².